The Morgan fingerprint density at radius 1 is 1.27 bits per heavy atom. The number of halogens is 1. The molecule has 0 spiro atoms. The van der Waals surface area contributed by atoms with Crippen LogP contribution in [-0.4, -0.2) is 36.5 Å². The zero-order valence-electron chi connectivity index (χ0n) is 14.5. The standard InChI is InChI=1S/C18H20FN5O2/c1-2-16(25)15-9-14-10-23(6-7-24(14)22-15)11-17-20-21-18(26-17)12-4-3-5-13(19)8-12/h3-5,8-9,16,25H,2,6-7,10-11H2,1H3/t16-/m0/s1. The molecule has 1 aliphatic rings. The quantitative estimate of drug-likeness (QED) is 0.756. The lowest BCUT2D eigenvalue weighted by atomic mass is 10.2. The van der Waals surface area contributed by atoms with Gasteiger partial charge in [0.25, 0.3) is 0 Å². The van der Waals surface area contributed by atoms with Gasteiger partial charge in [0.2, 0.25) is 11.8 Å². The van der Waals surface area contributed by atoms with Crippen molar-refractivity contribution in [1.82, 2.24) is 24.9 Å². The molecule has 0 bridgehead atoms. The van der Waals surface area contributed by atoms with Crippen molar-refractivity contribution >= 4 is 0 Å². The number of aliphatic hydroxyl groups is 1. The van der Waals surface area contributed by atoms with Crippen LogP contribution in [0.25, 0.3) is 11.5 Å². The van der Waals surface area contributed by atoms with Crippen LogP contribution in [0.5, 0.6) is 0 Å². The van der Waals surface area contributed by atoms with E-state index < -0.39 is 6.10 Å². The summed E-state index contributed by atoms with van der Waals surface area (Å²) >= 11 is 0. The maximum Gasteiger partial charge on any atom is 0.247 e. The Bertz CT molecular complexity index is 907. The molecule has 7 nitrogen and oxygen atoms in total. The van der Waals surface area contributed by atoms with Gasteiger partial charge < -0.3 is 9.52 Å². The normalized spacial score (nSPS) is 15.8. The van der Waals surface area contributed by atoms with Gasteiger partial charge in [0.15, 0.2) is 0 Å². The van der Waals surface area contributed by atoms with Gasteiger partial charge in [0.05, 0.1) is 30.6 Å². The molecule has 26 heavy (non-hydrogen) atoms. The van der Waals surface area contributed by atoms with E-state index in [0.717, 1.165) is 24.5 Å². The second-order valence-electron chi connectivity index (χ2n) is 6.43. The molecule has 0 unspecified atom stereocenters. The van der Waals surface area contributed by atoms with Crippen molar-refractivity contribution in [3.63, 3.8) is 0 Å². The lowest BCUT2D eigenvalue weighted by Gasteiger charge is -2.25. The molecule has 0 saturated carbocycles. The summed E-state index contributed by atoms with van der Waals surface area (Å²) in [5.41, 5.74) is 2.35. The molecule has 4 rings (SSSR count). The van der Waals surface area contributed by atoms with Crippen molar-refractivity contribution in [2.45, 2.75) is 39.1 Å². The number of nitrogens with zero attached hydrogens (tertiary/aromatic N) is 5. The van der Waals surface area contributed by atoms with Crippen LogP contribution in [0.2, 0.25) is 0 Å². The molecule has 1 aliphatic heterocycles. The van der Waals surface area contributed by atoms with Gasteiger partial charge in [0, 0.05) is 18.7 Å². The summed E-state index contributed by atoms with van der Waals surface area (Å²) in [4.78, 5) is 2.18. The Kier molecular flexibility index (Phi) is 4.52. The molecule has 0 aliphatic carbocycles. The highest BCUT2D eigenvalue weighted by molar-refractivity contribution is 5.52. The van der Waals surface area contributed by atoms with Crippen LogP contribution < -0.4 is 0 Å². The van der Waals surface area contributed by atoms with Crippen LogP contribution in [0.3, 0.4) is 0 Å². The van der Waals surface area contributed by atoms with E-state index in [9.17, 15) is 9.50 Å². The van der Waals surface area contributed by atoms with Crippen molar-refractivity contribution in [3.8, 4) is 11.5 Å². The minimum Gasteiger partial charge on any atom is -0.419 e. The van der Waals surface area contributed by atoms with Crippen LogP contribution in [0.1, 0.15) is 36.7 Å². The molecule has 0 amide bonds. The van der Waals surface area contributed by atoms with Crippen LogP contribution in [-0.2, 0) is 19.6 Å². The highest BCUT2D eigenvalue weighted by atomic mass is 19.1. The Morgan fingerprint density at radius 2 is 2.15 bits per heavy atom. The van der Waals surface area contributed by atoms with Crippen molar-refractivity contribution in [2.24, 2.45) is 0 Å². The largest absolute Gasteiger partial charge is 0.419 e. The third-order valence-corrected chi connectivity index (χ3v) is 4.52. The number of benzene rings is 1. The fourth-order valence-electron chi connectivity index (χ4n) is 3.10. The van der Waals surface area contributed by atoms with Crippen LogP contribution >= 0.6 is 0 Å². The Hall–Kier alpha value is -2.58. The van der Waals surface area contributed by atoms with Gasteiger partial charge >= 0.3 is 0 Å². The molecule has 1 aromatic carbocycles. The van der Waals surface area contributed by atoms with Crippen molar-refractivity contribution < 1.29 is 13.9 Å². The molecule has 2 aromatic heterocycles. The molecular formula is C18H20FN5O2. The topological polar surface area (TPSA) is 80.2 Å². The van der Waals surface area contributed by atoms with Crippen LogP contribution in [0, 0.1) is 5.82 Å². The minimum absolute atomic E-state index is 0.315. The molecule has 3 heterocycles. The van der Waals surface area contributed by atoms with Gasteiger partial charge in [-0.2, -0.15) is 5.10 Å². The van der Waals surface area contributed by atoms with Gasteiger partial charge in [0.1, 0.15) is 5.82 Å². The van der Waals surface area contributed by atoms with E-state index >= 15 is 0 Å². The Morgan fingerprint density at radius 3 is 2.96 bits per heavy atom. The summed E-state index contributed by atoms with van der Waals surface area (Å²) in [6.45, 7) is 4.69. The number of rotatable bonds is 5. The predicted octanol–water partition coefficient (Wildman–Crippen LogP) is 2.53. The molecule has 8 heteroatoms. The smallest absolute Gasteiger partial charge is 0.247 e. The lowest BCUT2D eigenvalue weighted by Crippen LogP contribution is -2.33. The zero-order chi connectivity index (χ0) is 18.1. The van der Waals surface area contributed by atoms with E-state index in [1.54, 1.807) is 12.1 Å². The second-order valence-corrected chi connectivity index (χ2v) is 6.43. The second kappa shape index (κ2) is 6.97. The molecule has 1 N–H and O–H groups in total. The molecule has 1 atom stereocenters. The number of aliphatic hydroxyl groups excluding tert-OH is 1. The van der Waals surface area contributed by atoms with E-state index in [0.29, 0.717) is 36.9 Å². The molecular weight excluding hydrogens is 337 g/mol. The predicted molar refractivity (Wildman–Crippen MR) is 91.3 cm³/mol. The first-order chi connectivity index (χ1) is 12.6. The van der Waals surface area contributed by atoms with Gasteiger partial charge in [-0.25, -0.2) is 4.39 Å². The Balaban J connectivity index is 1.45. The van der Waals surface area contributed by atoms with Crippen molar-refractivity contribution in [1.29, 1.82) is 0 Å². The maximum atomic E-state index is 13.3. The third-order valence-electron chi connectivity index (χ3n) is 4.52. The van der Waals surface area contributed by atoms with E-state index in [4.69, 9.17) is 4.42 Å². The monoisotopic (exact) mass is 357 g/mol. The van der Waals surface area contributed by atoms with Crippen LogP contribution in [0.4, 0.5) is 4.39 Å². The first-order valence-electron chi connectivity index (χ1n) is 8.67. The first-order valence-corrected chi connectivity index (χ1v) is 8.67. The van der Waals surface area contributed by atoms with Gasteiger partial charge in [-0.05, 0) is 30.7 Å². The fourth-order valence-corrected chi connectivity index (χ4v) is 3.10. The number of hydrogen-bond acceptors (Lipinski definition) is 6. The van der Waals surface area contributed by atoms with E-state index in [1.165, 1.54) is 12.1 Å². The summed E-state index contributed by atoms with van der Waals surface area (Å²) in [5, 5.41) is 22.5. The zero-order valence-corrected chi connectivity index (χ0v) is 14.5. The highest BCUT2D eigenvalue weighted by Gasteiger charge is 2.22. The number of fused-ring (bicyclic) bond motifs is 1. The molecule has 3 aromatic rings. The molecule has 0 radical (unpaired) electrons. The van der Waals surface area contributed by atoms with Gasteiger partial charge in [-0.15, -0.1) is 10.2 Å². The summed E-state index contributed by atoms with van der Waals surface area (Å²) in [6.07, 6.45) is 0.122. The molecule has 0 saturated heterocycles. The van der Waals surface area contributed by atoms with Gasteiger partial charge in [-0.1, -0.05) is 13.0 Å². The summed E-state index contributed by atoms with van der Waals surface area (Å²) in [7, 11) is 0. The van der Waals surface area contributed by atoms with E-state index in [2.05, 4.69) is 20.2 Å². The minimum atomic E-state index is -0.522. The van der Waals surface area contributed by atoms with Crippen molar-refractivity contribution in [2.75, 3.05) is 6.54 Å². The average molecular weight is 357 g/mol. The average Bonchev–Trinajstić information content (AvgIpc) is 3.27. The van der Waals surface area contributed by atoms with Gasteiger partial charge in [-0.3, -0.25) is 9.58 Å². The van der Waals surface area contributed by atoms with Crippen LogP contribution in [0.15, 0.2) is 34.7 Å². The number of aromatic nitrogens is 4. The third kappa shape index (κ3) is 3.38. The first kappa shape index (κ1) is 16.9. The Labute approximate surface area is 150 Å². The molecule has 136 valence electrons. The summed E-state index contributed by atoms with van der Waals surface area (Å²) in [5.74, 6) is 0.470. The number of hydrogen-bond donors (Lipinski definition) is 1. The van der Waals surface area contributed by atoms with Crippen molar-refractivity contribution in [3.05, 3.63) is 53.4 Å². The maximum absolute atomic E-state index is 13.3. The summed E-state index contributed by atoms with van der Waals surface area (Å²) < 4.78 is 21.0. The SMILES string of the molecule is CC[C@H](O)c1cc2n(n1)CCN(Cc1nnc(-c3cccc(F)c3)o1)C2. The van der Waals surface area contributed by atoms with E-state index in [-0.39, 0.29) is 5.82 Å². The molecule has 0 fully saturated rings. The fraction of sp³-hybridized carbons (Fsp3) is 0.389. The highest BCUT2D eigenvalue weighted by Crippen LogP contribution is 2.22. The lowest BCUT2D eigenvalue weighted by molar-refractivity contribution is 0.165. The van der Waals surface area contributed by atoms with E-state index in [1.807, 2.05) is 17.7 Å². The summed E-state index contributed by atoms with van der Waals surface area (Å²) in [6, 6.07) is 8.05.